The predicted octanol–water partition coefficient (Wildman–Crippen LogP) is 4.31. The molecule has 2 aromatic carbocycles. The summed E-state index contributed by atoms with van der Waals surface area (Å²) < 4.78 is 8.35. The summed E-state index contributed by atoms with van der Waals surface area (Å²) in [5, 5.41) is 0. The number of hydrogen-bond acceptors (Lipinski definition) is 4. The second-order valence-corrected chi connectivity index (χ2v) is 9.20. The highest BCUT2D eigenvalue weighted by Crippen LogP contribution is 2.42. The molecule has 3 aliphatic rings. The first-order valence-electron chi connectivity index (χ1n) is 11.4. The number of ether oxygens (including phenoxy) is 1. The molecule has 1 fully saturated rings. The van der Waals surface area contributed by atoms with Crippen LogP contribution in [0.2, 0.25) is 0 Å². The SMILES string of the molecule is [C-]#[N+]c1ccc2cc1Oc1ccc3c(c1)[C@@H](CC3)N1CC[C@H](C1=O)N(C)Cc1cncn1C2. The average molecular weight is 440 g/mol. The van der Waals surface area contributed by atoms with E-state index < -0.39 is 0 Å². The van der Waals surface area contributed by atoms with E-state index in [4.69, 9.17) is 11.3 Å². The Morgan fingerprint density at radius 2 is 2.03 bits per heavy atom. The molecule has 7 nitrogen and oxygen atoms in total. The van der Waals surface area contributed by atoms with Crippen LogP contribution in [0, 0.1) is 6.57 Å². The highest BCUT2D eigenvalue weighted by Gasteiger charge is 2.40. The first-order valence-corrected chi connectivity index (χ1v) is 11.4. The van der Waals surface area contributed by atoms with Crippen molar-refractivity contribution in [2.24, 2.45) is 0 Å². The van der Waals surface area contributed by atoms with E-state index in [0.29, 0.717) is 30.3 Å². The van der Waals surface area contributed by atoms with E-state index in [2.05, 4.69) is 36.3 Å². The number of carbonyl (C=O) groups excluding carboxylic acids is 1. The molecule has 0 saturated carbocycles. The summed E-state index contributed by atoms with van der Waals surface area (Å²) in [6.07, 6.45) is 6.43. The molecular formula is C26H25N5O2. The summed E-state index contributed by atoms with van der Waals surface area (Å²) in [5.74, 6) is 1.47. The van der Waals surface area contributed by atoms with Gasteiger partial charge in [-0.05, 0) is 61.2 Å². The summed E-state index contributed by atoms with van der Waals surface area (Å²) >= 11 is 0. The van der Waals surface area contributed by atoms with E-state index in [-0.39, 0.29) is 18.0 Å². The lowest BCUT2D eigenvalue weighted by atomic mass is 10.1. The van der Waals surface area contributed by atoms with Crippen LogP contribution in [-0.4, -0.2) is 44.9 Å². The number of nitrogens with zero attached hydrogens (tertiary/aromatic N) is 5. The Kier molecular flexibility index (Phi) is 4.70. The van der Waals surface area contributed by atoms with Gasteiger partial charge in [0.25, 0.3) is 0 Å². The molecule has 0 spiro atoms. The maximum absolute atomic E-state index is 13.5. The van der Waals surface area contributed by atoms with Gasteiger partial charge in [-0.25, -0.2) is 9.83 Å². The van der Waals surface area contributed by atoms with Crippen LogP contribution in [0.15, 0.2) is 48.9 Å². The number of benzene rings is 2. The maximum Gasteiger partial charge on any atom is 0.240 e. The molecule has 6 rings (SSSR count). The van der Waals surface area contributed by atoms with Gasteiger partial charge in [-0.15, -0.1) is 0 Å². The molecule has 1 saturated heterocycles. The van der Waals surface area contributed by atoms with E-state index in [0.717, 1.165) is 37.1 Å². The molecule has 1 aliphatic carbocycles. The molecule has 1 aromatic heterocycles. The van der Waals surface area contributed by atoms with E-state index in [1.807, 2.05) is 43.8 Å². The van der Waals surface area contributed by atoms with E-state index in [1.54, 1.807) is 0 Å². The van der Waals surface area contributed by atoms with Crippen LogP contribution >= 0.6 is 0 Å². The van der Waals surface area contributed by atoms with Gasteiger partial charge in [-0.3, -0.25) is 9.69 Å². The second kappa shape index (κ2) is 7.75. The van der Waals surface area contributed by atoms with Gasteiger partial charge < -0.3 is 14.2 Å². The third-order valence-corrected chi connectivity index (χ3v) is 7.22. The second-order valence-electron chi connectivity index (χ2n) is 9.20. The number of rotatable bonds is 0. The number of carbonyl (C=O) groups is 1. The molecule has 7 heteroatoms. The van der Waals surface area contributed by atoms with Crippen LogP contribution in [0.3, 0.4) is 0 Å². The Morgan fingerprint density at radius 3 is 2.91 bits per heavy atom. The van der Waals surface area contributed by atoms with Gasteiger partial charge in [-0.2, -0.15) is 0 Å². The first-order chi connectivity index (χ1) is 16.1. The summed E-state index contributed by atoms with van der Waals surface area (Å²) in [7, 11) is 2.03. The minimum absolute atomic E-state index is 0.0829. The van der Waals surface area contributed by atoms with Crippen molar-refractivity contribution >= 4 is 11.6 Å². The third kappa shape index (κ3) is 3.38. The Hall–Kier alpha value is -3.63. The normalized spacial score (nSPS) is 22.1. The van der Waals surface area contributed by atoms with Crippen molar-refractivity contribution in [3.63, 3.8) is 0 Å². The smallest absolute Gasteiger partial charge is 0.240 e. The number of aromatic nitrogens is 2. The monoisotopic (exact) mass is 439 g/mol. The van der Waals surface area contributed by atoms with Crippen molar-refractivity contribution in [2.45, 2.75) is 44.4 Å². The molecule has 0 radical (unpaired) electrons. The van der Waals surface area contributed by atoms with Crippen molar-refractivity contribution in [1.82, 2.24) is 19.4 Å². The highest BCUT2D eigenvalue weighted by atomic mass is 16.5. The Morgan fingerprint density at radius 1 is 1.12 bits per heavy atom. The van der Waals surface area contributed by atoms with Crippen LogP contribution in [0.1, 0.15) is 41.3 Å². The zero-order chi connectivity index (χ0) is 22.5. The molecule has 0 N–H and O–H groups in total. The average Bonchev–Trinajstić information content (AvgIpc) is 3.52. The number of hydrogen-bond donors (Lipinski definition) is 0. The van der Waals surface area contributed by atoms with Crippen LogP contribution in [-0.2, 0) is 24.3 Å². The minimum atomic E-state index is -0.116. The standard InChI is InChI=1S/C26H25N5O2/c1-27-22-7-3-17-11-25(22)33-20-6-4-18-5-8-23(21(18)12-20)31-10-9-24(26(31)32)29(2)15-19-13-28-16-30(19)14-17/h3-4,6-7,11-13,16,23-24H,5,8-10,14-15H2,2H3/t23-,24-/m1/s1. The molecule has 2 aliphatic heterocycles. The van der Waals surface area contributed by atoms with Crippen LogP contribution in [0.25, 0.3) is 4.85 Å². The molecule has 1 amide bonds. The van der Waals surface area contributed by atoms with Crippen molar-refractivity contribution in [2.75, 3.05) is 13.6 Å². The Balaban J connectivity index is 1.47. The molecule has 3 aromatic rings. The third-order valence-electron chi connectivity index (χ3n) is 7.22. The number of fused-ring (bicyclic) bond motifs is 7. The summed E-state index contributed by atoms with van der Waals surface area (Å²) in [6, 6.07) is 11.9. The van der Waals surface area contributed by atoms with Gasteiger partial charge in [0.2, 0.25) is 11.6 Å². The van der Waals surface area contributed by atoms with Gasteiger partial charge in [-0.1, -0.05) is 18.2 Å². The first kappa shape index (κ1) is 20.0. The molecule has 2 atom stereocenters. The summed E-state index contributed by atoms with van der Waals surface area (Å²) in [4.78, 5) is 25.7. The fourth-order valence-corrected chi connectivity index (χ4v) is 5.49. The number of likely N-dealkylation sites (N-methyl/N-ethyl adjacent to an activating group) is 1. The molecule has 166 valence electrons. The van der Waals surface area contributed by atoms with E-state index >= 15 is 0 Å². The number of aryl methyl sites for hydroxylation is 1. The number of imidazole rings is 1. The lowest BCUT2D eigenvalue weighted by Gasteiger charge is -2.28. The fraction of sp³-hybridized carbons (Fsp3) is 0.346. The zero-order valence-corrected chi connectivity index (χ0v) is 18.6. The van der Waals surface area contributed by atoms with Gasteiger partial charge >= 0.3 is 0 Å². The lowest BCUT2D eigenvalue weighted by molar-refractivity contribution is -0.134. The topological polar surface area (TPSA) is 55.0 Å². The van der Waals surface area contributed by atoms with Crippen LogP contribution < -0.4 is 4.74 Å². The molecular weight excluding hydrogens is 414 g/mol. The van der Waals surface area contributed by atoms with Crippen molar-refractivity contribution < 1.29 is 9.53 Å². The molecule has 0 unspecified atom stereocenters. The van der Waals surface area contributed by atoms with Crippen molar-refractivity contribution in [1.29, 1.82) is 0 Å². The molecule has 6 bridgehead atoms. The Bertz CT molecular complexity index is 1290. The van der Waals surface area contributed by atoms with Crippen LogP contribution in [0.4, 0.5) is 5.69 Å². The molecule has 33 heavy (non-hydrogen) atoms. The maximum atomic E-state index is 13.5. The van der Waals surface area contributed by atoms with Gasteiger partial charge in [0.1, 0.15) is 11.5 Å². The van der Waals surface area contributed by atoms with Crippen molar-refractivity contribution in [3.8, 4) is 11.5 Å². The number of amides is 1. The zero-order valence-electron chi connectivity index (χ0n) is 18.6. The fourth-order valence-electron chi connectivity index (χ4n) is 5.49. The van der Waals surface area contributed by atoms with Gasteiger partial charge in [0, 0.05) is 25.8 Å². The van der Waals surface area contributed by atoms with Gasteiger partial charge in [0.15, 0.2) is 0 Å². The molecule has 3 heterocycles. The summed E-state index contributed by atoms with van der Waals surface area (Å²) in [6.45, 7) is 9.62. The van der Waals surface area contributed by atoms with E-state index in [1.165, 1.54) is 11.1 Å². The van der Waals surface area contributed by atoms with Crippen LogP contribution in [0.5, 0.6) is 11.5 Å². The Labute approximate surface area is 193 Å². The highest BCUT2D eigenvalue weighted by molar-refractivity contribution is 5.84. The summed E-state index contributed by atoms with van der Waals surface area (Å²) in [5.41, 5.74) is 5.03. The minimum Gasteiger partial charge on any atom is -0.468 e. The van der Waals surface area contributed by atoms with Crippen molar-refractivity contribution in [3.05, 3.63) is 82.7 Å². The quantitative estimate of drug-likeness (QED) is 0.490. The lowest BCUT2D eigenvalue weighted by Crippen LogP contribution is -2.40. The predicted molar refractivity (Wildman–Crippen MR) is 123 cm³/mol. The van der Waals surface area contributed by atoms with E-state index in [9.17, 15) is 4.79 Å². The van der Waals surface area contributed by atoms with Gasteiger partial charge in [0.05, 0.1) is 30.7 Å². The largest absolute Gasteiger partial charge is 0.468 e.